The molecule has 22 heavy (non-hydrogen) atoms. The molecule has 1 N–H and O–H groups in total. The second kappa shape index (κ2) is 8.24. The molecule has 0 spiro atoms. The molecule has 1 aromatic heterocycles. The molecule has 0 radical (unpaired) electrons. The molecule has 0 fully saturated rings. The SMILES string of the molecule is COCCN(CCO)C(=O)c1csc(-c2cccc(Cl)c2)n1. The number of methoxy groups -OCH3 is 1. The average molecular weight is 341 g/mol. The van der Waals surface area contributed by atoms with E-state index in [4.69, 9.17) is 21.4 Å². The molecule has 0 aliphatic rings. The van der Waals surface area contributed by atoms with Crippen LogP contribution in [-0.2, 0) is 4.74 Å². The largest absolute Gasteiger partial charge is 0.395 e. The van der Waals surface area contributed by atoms with E-state index in [-0.39, 0.29) is 19.1 Å². The molecule has 2 aromatic rings. The van der Waals surface area contributed by atoms with Gasteiger partial charge in [0.15, 0.2) is 0 Å². The number of ether oxygens (including phenoxy) is 1. The average Bonchev–Trinajstić information content (AvgIpc) is 3.00. The summed E-state index contributed by atoms with van der Waals surface area (Å²) in [6, 6.07) is 7.34. The third-order valence-electron chi connectivity index (χ3n) is 3.02. The molecule has 0 aliphatic carbocycles. The van der Waals surface area contributed by atoms with Crippen molar-refractivity contribution in [3.63, 3.8) is 0 Å². The minimum atomic E-state index is -0.212. The van der Waals surface area contributed by atoms with Crippen LogP contribution in [0.1, 0.15) is 10.5 Å². The quantitative estimate of drug-likeness (QED) is 0.841. The minimum absolute atomic E-state index is 0.0965. The van der Waals surface area contributed by atoms with Gasteiger partial charge in [0, 0.05) is 36.2 Å². The van der Waals surface area contributed by atoms with Crippen molar-refractivity contribution in [1.82, 2.24) is 9.88 Å². The summed E-state index contributed by atoms with van der Waals surface area (Å²) in [6.45, 7) is 0.990. The van der Waals surface area contributed by atoms with Gasteiger partial charge in [0.25, 0.3) is 5.91 Å². The zero-order valence-electron chi connectivity index (χ0n) is 12.2. The van der Waals surface area contributed by atoms with Crippen molar-refractivity contribution in [2.45, 2.75) is 0 Å². The van der Waals surface area contributed by atoms with Crippen LogP contribution in [0.4, 0.5) is 0 Å². The summed E-state index contributed by atoms with van der Waals surface area (Å²) in [5.41, 5.74) is 1.24. The van der Waals surface area contributed by atoms with Crippen molar-refractivity contribution in [3.8, 4) is 10.6 Å². The predicted molar refractivity (Wildman–Crippen MR) is 87.4 cm³/mol. The molecule has 0 bridgehead atoms. The van der Waals surface area contributed by atoms with Gasteiger partial charge in [-0.15, -0.1) is 11.3 Å². The fourth-order valence-corrected chi connectivity index (χ4v) is 2.91. The van der Waals surface area contributed by atoms with Crippen LogP contribution in [0.5, 0.6) is 0 Å². The van der Waals surface area contributed by atoms with Gasteiger partial charge in [-0.25, -0.2) is 4.98 Å². The van der Waals surface area contributed by atoms with E-state index < -0.39 is 0 Å². The van der Waals surface area contributed by atoms with E-state index in [0.717, 1.165) is 10.6 Å². The van der Waals surface area contributed by atoms with E-state index in [1.807, 2.05) is 18.2 Å². The maximum atomic E-state index is 12.4. The Kier molecular flexibility index (Phi) is 6.33. The van der Waals surface area contributed by atoms with Gasteiger partial charge in [-0.1, -0.05) is 23.7 Å². The second-order valence-electron chi connectivity index (χ2n) is 4.56. The van der Waals surface area contributed by atoms with Gasteiger partial charge in [0.1, 0.15) is 10.7 Å². The Morgan fingerprint density at radius 3 is 2.95 bits per heavy atom. The molecule has 1 aromatic carbocycles. The van der Waals surface area contributed by atoms with Crippen molar-refractivity contribution >= 4 is 28.8 Å². The van der Waals surface area contributed by atoms with Gasteiger partial charge in [-0.05, 0) is 12.1 Å². The first-order valence-electron chi connectivity index (χ1n) is 6.76. The first kappa shape index (κ1) is 16.9. The highest BCUT2D eigenvalue weighted by Gasteiger charge is 2.18. The number of hydrogen-bond acceptors (Lipinski definition) is 5. The third kappa shape index (κ3) is 4.27. The van der Waals surface area contributed by atoms with E-state index >= 15 is 0 Å². The minimum Gasteiger partial charge on any atom is -0.395 e. The molecule has 118 valence electrons. The Bertz CT molecular complexity index is 633. The lowest BCUT2D eigenvalue weighted by atomic mass is 10.2. The number of aromatic nitrogens is 1. The van der Waals surface area contributed by atoms with Gasteiger partial charge in [-0.3, -0.25) is 4.79 Å². The Labute approximate surface area is 138 Å². The summed E-state index contributed by atoms with van der Waals surface area (Å²) < 4.78 is 4.98. The predicted octanol–water partition coefficient (Wildman–Crippen LogP) is 2.54. The third-order valence-corrected chi connectivity index (χ3v) is 4.14. The van der Waals surface area contributed by atoms with Crippen LogP contribution in [-0.4, -0.2) is 54.3 Å². The number of halogens is 1. The summed E-state index contributed by atoms with van der Waals surface area (Å²) in [6.07, 6.45) is 0. The Hall–Kier alpha value is -1.47. The monoisotopic (exact) mass is 340 g/mol. The lowest BCUT2D eigenvalue weighted by Crippen LogP contribution is -2.36. The molecule has 0 atom stereocenters. The number of amides is 1. The van der Waals surface area contributed by atoms with E-state index in [9.17, 15) is 4.79 Å². The topological polar surface area (TPSA) is 62.7 Å². The highest BCUT2D eigenvalue weighted by Crippen LogP contribution is 2.26. The summed E-state index contributed by atoms with van der Waals surface area (Å²) >= 11 is 7.36. The van der Waals surface area contributed by atoms with Crippen molar-refractivity contribution in [1.29, 1.82) is 0 Å². The molecule has 0 saturated heterocycles. The number of carbonyl (C=O) groups is 1. The zero-order chi connectivity index (χ0) is 15.9. The van der Waals surface area contributed by atoms with Gasteiger partial charge < -0.3 is 14.7 Å². The maximum Gasteiger partial charge on any atom is 0.273 e. The number of aliphatic hydroxyl groups is 1. The van der Waals surface area contributed by atoms with Gasteiger partial charge in [0.2, 0.25) is 0 Å². The normalized spacial score (nSPS) is 10.7. The molecule has 7 heteroatoms. The van der Waals surface area contributed by atoms with Crippen LogP contribution in [0, 0.1) is 0 Å². The lowest BCUT2D eigenvalue weighted by molar-refractivity contribution is 0.0651. The molecular formula is C15H17ClN2O3S. The van der Waals surface area contributed by atoms with Crippen LogP contribution in [0.3, 0.4) is 0 Å². The smallest absolute Gasteiger partial charge is 0.273 e. The molecule has 0 unspecified atom stereocenters. The molecule has 1 heterocycles. The number of aliphatic hydroxyl groups excluding tert-OH is 1. The van der Waals surface area contributed by atoms with Crippen LogP contribution in [0.15, 0.2) is 29.6 Å². The molecule has 0 aliphatic heterocycles. The molecule has 1 amide bonds. The summed E-state index contributed by atoms with van der Waals surface area (Å²) in [7, 11) is 1.57. The van der Waals surface area contributed by atoms with Crippen LogP contribution < -0.4 is 0 Å². The Morgan fingerprint density at radius 1 is 1.45 bits per heavy atom. The number of carbonyl (C=O) groups excluding carboxylic acids is 1. The van der Waals surface area contributed by atoms with Gasteiger partial charge >= 0.3 is 0 Å². The fraction of sp³-hybridized carbons (Fsp3) is 0.333. The van der Waals surface area contributed by atoms with Gasteiger partial charge in [0.05, 0.1) is 13.2 Å². The first-order valence-corrected chi connectivity index (χ1v) is 8.02. The van der Waals surface area contributed by atoms with Crippen molar-refractivity contribution in [2.75, 3.05) is 33.4 Å². The van der Waals surface area contributed by atoms with Crippen molar-refractivity contribution in [2.24, 2.45) is 0 Å². The highest BCUT2D eigenvalue weighted by atomic mass is 35.5. The van der Waals surface area contributed by atoms with E-state index in [2.05, 4.69) is 4.98 Å². The lowest BCUT2D eigenvalue weighted by Gasteiger charge is -2.20. The van der Waals surface area contributed by atoms with Crippen LogP contribution >= 0.6 is 22.9 Å². The summed E-state index contributed by atoms with van der Waals surface area (Å²) in [4.78, 5) is 18.3. The summed E-state index contributed by atoms with van der Waals surface area (Å²) in [5.74, 6) is -0.212. The first-order chi connectivity index (χ1) is 10.7. The maximum absolute atomic E-state index is 12.4. The number of benzene rings is 1. The number of nitrogens with zero attached hydrogens (tertiary/aromatic N) is 2. The number of rotatable bonds is 7. The van der Waals surface area contributed by atoms with E-state index in [0.29, 0.717) is 23.9 Å². The molecular weight excluding hydrogens is 324 g/mol. The van der Waals surface area contributed by atoms with Crippen LogP contribution in [0.2, 0.25) is 5.02 Å². The van der Waals surface area contributed by atoms with Crippen LogP contribution in [0.25, 0.3) is 10.6 Å². The molecule has 0 saturated carbocycles. The summed E-state index contributed by atoms with van der Waals surface area (Å²) in [5, 5.41) is 12.2. The van der Waals surface area contributed by atoms with E-state index in [1.165, 1.54) is 16.2 Å². The highest BCUT2D eigenvalue weighted by molar-refractivity contribution is 7.13. The van der Waals surface area contributed by atoms with Crippen molar-refractivity contribution < 1.29 is 14.6 Å². The standard InChI is InChI=1S/C15H17ClN2O3S/c1-21-8-6-18(5-7-19)15(20)13-10-22-14(17-13)11-3-2-4-12(16)9-11/h2-4,9-10,19H,5-8H2,1H3. The fourth-order valence-electron chi connectivity index (χ4n) is 1.93. The Morgan fingerprint density at radius 2 is 2.27 bits per heavy atom. The second-order valence-corrected chi connectivity index (χ2v) is 5.85. The Balaban J connectivity index is 2.16. The zero-order valence-corrected chi connectivity index (χ0v) is 13.7. The van der Waals surface area contributed by atoms with E-state index in [1.54, 1.807) is 18.6 Å². The number of thiazole rings is 1. The molecule has 2 rings (SSSR count). The number of hydrogen-bond donors (Lipinski definition) is 1. The molecule has 5 nitrogen and oxygen atoms in total. The van der Waals surface area contributed by atoms with Crippen molar-refractivity contribution in [3.05, 3.63) is 40.4 Å². The van der Waals surface area contributed by atoms with Gasteiger partial charge in [-0.2, -0.15) is 0 Å².